The Morgan fingerprint density at radius 2 is 1.85 bits per heavy atom. The molecule has 0 radical (unpaired) electrons. The summed E-state index contributed by atoms with van der Waals surface area (Å²) in [4.78, 5) is 22.9. The first-order chi connectivity index (χ1) is 9.53. The van der Waals surface area contributed by atoms with Gasteiger partial charge >= 0.3 is 12.0 Å². The molecule has 5 heteroatoms. The zero-order valence-corrected chi connectivity index (χ0v) is 12.3. The monoisotopic (exact) mass is 282 g/mol. The largest absolute Gasteiger partial charge is 0.481 e. The third kappa shape index (κ3) is 3.87. The van der Waals surface area contributed by atoms with E-state index in [0.717, 1.165) is 38.0 Å². The van der Waals surface area contributed by atoms with Gasteiger partial charge in [-0.2, -0.15) is 0 Å². The molecule has 2 amide bonds. The van der Waals surface area contributed by atoms with Gasteiger partial charge in [-0.3, -0.25) is 4.79 Å². The first-order valence-corrected chi connectivity index (χ1v) is 7.83. The van der Waals surface area contributed by atoms with E-state index in [1.807, 2.05) is 0 Å². The van der Waals surface area contributed by atoms with Crippen molar-refractivity contribution in [3.63, 3.8) is 0 Å². The summed E-state index contributed by atoms with van der Waals surface area (Å²) in [5, 5.41) is 14.9. The van der Waals surface area contributed by atoms with Crippen molar-refractivity contribution in [3.05, 3.63) is 0 Å². The van der Waals surface area contributed by atoms with Crippen LogP contribution in [0.5, 0.6) is 0 Å². The normalized spacial score (nSPS) is 28.2. The van der Waals surface area contributed by atoms with Crippen LogP contribution < -0.4 is 10.6 Å². The Bertz CT molecular complexity index is 358. The number of carbonyl (C=O) groups is 2. The third-order valence-electron chi connectivity index (χ3n) is 4.94. The molecule has 2 aliphatic carbocycles. The fourth-order valence-corrected chi connectivity index (χ4v) is 3.42. The van der Waals surface area contributed by atoms with Gasteiger partial charge in [0.2, 0.25) is 0 Å². The highest BCUT2D eigenvalue weighted by molar-refractivity contribution is 5.77. The number of carboxylic acid groups (broad SMARTS) is 1. The fraction of sp³-hybridized carbons (Fsp3) is 0.867. The summed E-state index contributed by atoms with van der Waals surface area (Å²) in [6.07, 6.45) is 8.24. The molecule has 0 spiro atoms. The van der Waals surface area contributed by atoms with E-state index in [-0.39, 0.29) is 18.5 Å². The molecule has 2 rings (SSSR count). The Kier molecular flexibility index (Phi) is 4.89. The molecule has 0 aliphatic heterocycles. The first kappa shape index (κ1) is 15.1. The Labute approximate surface area is 120 Å². The van der Waals surface area contributed by atoms with Crippen LogP contribution in [0.25, 0.3) is 0 Å². The topological polar surface area (TPSA) is 78.4 Å². The van der Waals surface area contributed by atoms with Crippen molar-refractivity contribution in [2.24, 2.45) is 5.92 Å². The van der Waals surface area contributed by atoms with Crippen molar-refractivity contribution >= 4 is 12.0 Å². The van der Waals surface area contributed by atoms with Crippen LogP contribution in [0.4, 0.5) is 4.79 Å². The van der Waals surface area contributed by atoms with Gasteiger partial charge in [0, 0.05) is 6.04 Å². The third-order valence-corrected chi connectivity index (χ3v) is 4.94. The summed E-state index contributed by atoms with van der Waals surface area (Å²) < 4.78 is 0. The van der Waals surface area contributed by atoms with Crippen molar-refractivity contribution in [2.75, 3.05) is 0 Å². The van der Waals surface area contributed by atoms with Crippen molar-refractivity contribution in [1.29, 1.82) is 0 Å². The molecule has 0 bridgehead atoms. The lowest BCUT2D eigenvalue weighted by Crippen LogP contribution is -2.58. The minimum Gasteiger partial charge on any atom is -0.481 e. The van der Waals surface area contributed by atoms with E-state index in [4.69, 9.17) is 5.11 Å². The van der Waals surface area contributed by atoms with Crippen molar-refractivity contribution in [2.45, 2.75) is 76.3 Å². The highest BCUT2D eigenvalue weighted by Crippen LogP contribution is 2.35. The Hall–Kier alpha value is -1.26. The Balaban J connectivity index is 1.76. The first-order valence-electron chi connectivity index (χ1n) is 7.83. The van der Waals surface area contributed by atoms with E-state index in [1.165, 1.54) is 19.3 Å². The number of carbonyl (C=O) groups excluding carboxylic acids is 1. The number of rotatable bonds is 5. The fourth-order valence-electron chi connectivity index (χ4n) is 3.42. The molecular weight excluding hydrogens is 256 g/mol. The number of hydrogen-bond donors (Lipinski definition) is 3. The molecule has 0 aromatic carbocycles. The van der Waals surface area contributed by atoms with Crippen LogP contribution in [0.1, 0.15) is 64.7 Å². The van der Waals surface area contributed by atoms with Crippen LogP contribution in [0, 0.1) is 5.92 Å². The van der Waals surface area contributed by atoms with Gasteiger partial charge in [0.25, 0.3) is 0 Å². The van der Waals surface area contributed by atoms with E-state index in [2.05, 4.69) is 17.6 Å². The molecule has 5 nitrogen and oxygen atoms in total. The molecule has 2 fully saturated rings. The second-order valence-corrected chi connectivity index (χ2v) is 6.43. The maximum atomic E-state index is 12.0. The molecule has 2 aliphatic rings. The SMILES string of the molecule is CCC1CCC(NC(=O)NC2(CC(=O)O)CCC2)CC1. The second-order valence-electron chi connectivity index (χ2n) is 6.43. The maximum Gasteiger partial charge on any atom is 0.315 e. The number of hydrogen-bond acceptors (Lipinski definition) is 2. The molecular formula is C15H26N2O3. The number of amides is 2. The van der Waals surface area contributed by atoms with E-state index in [1.54, 1.807) is 0 Å². The van der Waals surface area contributed by atoms with Crippen LogP contribution in [-0.4, -0.2) is 28.7 Å². The molecule has 2 saturated carbocycles. The summed E-state index contributed by atoms with van der Waals surface area (Å²) in [7, 11) is 0. The standard InChI is InChI=1S/C15H26N2O3/c1-2-11-4-6-12(7-5-11)16-14(20)17-15(8-3-9-15)10-13(18)19/h11-12H,2-10H2,1H3,(H,18,19)(H2,16,17,20). The van der Waals surface area contributed by atoms with Gasteiger partial charge in [0.15, 0.2) is 0 Å². The van der Waals surface area contributed by atoms with Crippen molar-refractivity contribution in [3.8, 4) is 0 Å². The molecule has 0 aromatic heterocycles. The summed E-state index contributed by atoms with van der Waals surface area (Å²) in [6.45, 7) is 2.22. The van der Waals surface area contributed by atoms with Crippen LogP contribution in [0.15, 0.2) is 0 Å². The van der Waals surface area contributed by atoms with Crippen molar-refractivity contribution < 1.29 is 14.7 Å². The maximum absolute atomic E-state index is 12.0. The summed E-state index contributed by atoms with van der Waals surface area (Å²) in [5.74, 6) is -0.0328. The number of carboxylic acids is 1. The Morgan fingerprint density at radius 3 is 2.30 bits per heavy atom. The quantitative estimate of drug-likeness (QED) is 0.725. The average Bonchev–Trinajstić information content (AvgIpc) is 2.36. The van der Waals surface area contributed by atoms with Crippen LogP contribution in [0.2, 0.25) is 0 Å². The summed E-state index contributed by atoms with van der Waals surface area (Å²) in [5.41, 5.74) is -0.503. The molecule has 0 atom stereocenters. The average molecular weight is 282 g/mol. The summed E-state index contributed by atoms with van der Waals surface area (Å²) >= 11 is 0. The lowest BCUT2D eigenvalue weighted by atomic mass is 9.74. The van der Waals surface area contributed by atoms with Gasteiger partial charge in [0.1, 0.15) is 0 Å². The zero-order valence-electron chi connectivity index (χ0n) is 12.3. The van der Waals surface area contributed by atoms with Gasteiger partial charge < -0.3 is 15.7 Å². The van der Waals surface area contributed by atoms with E-state index in [9.17, 15) is 9.59 Å². The lowest BCUT2D eigenvalue weighted by molar-refractivity contribution is -0.139. The van der Waals surface area contributed by atoms with Gasteiger partial charge in [-0.05, 0) is 50.9 Å². The smallest absolute Gasteiger partial charge is 0.315 e. The number of aliphatic carboxylic acids is 1. The van der Waals surface area contributed by atoms with Crippen LogP contribution in [0.3, 0.4) is 0 Å². The van der Waals surface area contributed by atoms with Gasteiger partial charge in [0.05, 0.1) is 12.0 Å². The minimum atomic E-state index is -0.839. The van der Waals surface area contributed by atoms with Crippen molar-refractivity contribution in [1.82, 2.24) is 10.6 Å². The van der Waals surface area contributed by atoms with E-state index >= 15 is 0 Å². The molecule has 0 saturated heterocycles. The van der Waals surface area contributed by atoms with Gasteiger partial charge in [-0.15, -0.1) is 0 Å². The molecule has 20 heavy (non-hydrogen) atoms. The van der Waals surface area contributed by atoms with Crippen LogP contribution in [-0.2, 0) is 4.79 Å². The molecule has 0 unspecified atom stereocenters. The predicted octanol–water partition coefficient (Wildman–Crippen LogP) is 2.65. The Morgan fingerprint density at radius 1 is 1.20 bits per heavy atom. The zero-order chi connectivity index (χ0) is 14.6. The molecule has 0 heterocycles. The van der Waals surface area contributed by atoms with E-state index < -0.39 is 11.5 Å². The molecule has 0 aromatic rings. The minimum absolute atomic E-state index is 0.0307. The van der Waals surface area contributed by atoms with Gasteiger partial charge in [-0.1, -0.05) is 13.3 Å². The highest BCUT2D eigenvalue weighted by atomic mass is 16.4. The highest BCUT2D eigenvalue weighted by Gasteiger charge is 2.40. The lowest BCUT2D eigenvalue weighted by Gasteiger charge is -2.42. The number of urea groups is 1. The molecule has 114 valence electrons. The molecule has 3 N–H and O–H groups in total. The van der Waals surface area contributed by atoms with E-state index in [0.29, 0.717) is 0 Å². The second kappa shape index (κ2) is 6.46. The summed E-state index contributed by atoms with van der Waals surface area (Å²) in [6, 6.07) is 0.0608. The number of nitrogens with one attached hydrogen (secondary N) is 2. The van der Waals surface area contributed by atoms with Gasteiger partial charge in [-0.25, -0.2) is 4.79 Å². The van der Waals surface area contributed by atoms with Crippen LogP contribution >= 0.6 is 0 Å². The predicted molar refractivity (Wildman–Crippen MR) is 76.5 cm³/mol.